The molecule has 1 heterocycles. The van der Waals surface area contributed by atoms with Crippen LogP contribution in [-0.2, 0) is 16.0 Å². The summed E-state index contributed by atoms with van der Waals surface area (Å²) in [6.07, 6.45) is 1.95. The van der Waals surface area contributed by atoms with E-state index in [0.29, 0.717) is 18.9 Å². The van der Waals surface area contributed by atoms with E-state index in [2.05, 4.69) is 48.4 Å². The van der Waals surface area contributed by atoms with Crippen molar-refractivity contribution in [3.63, 3.8) is 0 Å². The van der Waals surface area contributed by atoms with Gasteiger partial charge >= 0.3 is 5.97 Å². The fraction of sp³-hybridized carbons (Fsp3) is 0.316. The Balaban J connectivity index is 1.73. The highest BCUT2D eigenvalue weighted by atomic mass is 35.5. The Morgan fingerprint density at radius 3 is 2.50 bits per heavy atom. The van der Waals surface area contributed by atoms with Crippen LogP contribution in [-0.4, -0.2) is 30.0 Å². The second-order valence-electron chi connectivity index (χ2n) is 6.07. The van der Waals surface area contributed by atoms with Gasteiger partial charge < -0.3 is 10.1 Å². The van der Waals surface area contributed by atoms with Crippen LogP contribution >= 0.6 is 23.2 Å². The quantitative estimate of drug-likeness (QED) is 0.568. The number of esters is 1. The second kappa shape index (κ2) is 9.55. The first-order valence-electron chi connectivity index (χ1n) is 8.20. The van der Waals surface area contributed by atoms with Crippen LogP contribution in [0.15, 0.2) is 36.5 Å². The SMILES string of the molecule is CC(C)c1ccc(CCNC(=O)COC(=O)c2cnc(Cl)c(Cl)c2)cc1. The van der Waals surface area contributed by atoms with Crippen LogP contribution in [0, 0.1) is 0 Å². The number of ether oxygens (including phenoxy) is 1. The van der Waals surface area contributed by atoms with Crippen molar-refractivity contribution in [3.05, 3.63) is 63.4 Å². The van der Waals surface area contributed by atoms with Crippen molar-refractivity contribution in [2.24, 2.45) is 0 Å². The first-order chi connectivity index (χ1) is 12.4. The van der Waals surface area contributed by atoms with E-state index in [-0.39, 0.29) is 28.3 Å². The molecule has 138 valence electrons. The maximum atomic E-state index is 11.9. The number of benzene rings is 1. The number of pyridine rings is 1. The molecule has 0 atom stereocenters. The lowest BCUT2D eigenvalue weighted by Crippen LogP contribution is -2.30. The van der Waals surface area contributed by atoms with E-state index in [1.165, 1.54) is 17.8 Å². The second-order valence-corrected chi connectivity index (χ2v) is 6.83. The van der Waals surface area contributed by atoms with Gasteiger partial charge in [-0.3, -0.25) is 4.79 Å². The molecule has 0 unspecified atom stereocenters. The number of aromatic nitrogens is 1. The fourth-order valence-electron chi connectivity index (χ4n) is 2.21. The van der Waals surface area contributed by atoms with Crippen molar-refractivity contribution in [2.75, 3.05) is 13.2 Å². The van der Waals surface area contributed by atoms with Crippen LogP contribution in [0.4, 0.5) is 0 Å². The number of nitrogens with one attached hydrogen (secondary N) is 1. The number of nitrogens with zero attached hydrogens (tertiary/aromatic N) is 1. The summed E-state index contributed by atoms with van der Waals surface area (Å²) in [7, 11) is 0. The molecule has 1 aromatic heterocycles. The van der Waals surface area contributed by atoms with Crippen LogP contribution in [0.2, 0.25) is 10.2 Å². The van der Waals surface area contributed by atoms with Crippen molar-refractivity contribution in [1.29, 1.82) is 0 Å². The molecule has 0 fully saturated rings. The third kappa shape index (κ3) is 6.00. The molecular weight excluding hydrogens is 375 g/mol. The van der Waals surface area contributed by atoms with Crippen LogP contribution in [0.25, 0.3) is 0 Å². The summed E-state index contributed by atoms with van der Waals surface area (Å²) in [6.45, 7) is 4.38. The van der Waals surface area contributed by atoms with Gasteiger partial charge in [0, 0.05) is 12.7 Å². The molecule has 1 aromatic carbocycles. The highest BCUT2D eigenvalue weighted by Gasteiger charge is 2.12. The molecule has 0 aliphatic rings. The lowest BCUT2D eigenvalue weighted by Gasteiger charge is -2.08. The Bertz CT molecular complexity index is 777. The molecule has 0 saturated carbocycles. The summed E-state index contributed by atoms with van der Waals surface area (Å²) < 4.78 is 4.94. The molecule has 0 bridgehead atoms. The molecule has 26 heavy (non-hydrogen) atoms. The summed E-state index contributed by atoms with van der Waals surface area (Å²) in [5, 5.41) is 2.96. The lowest BCUT2D eigenvalue weighted by molar-refractivity contribution is -0.124. The van der Waals surface area contributed by atoms with Crippen LogP contribution in [0.1, 0.15) is 41.3 Å². The summed E-state index contributed by atoms with van der Waals surface area (Å²) in [4.78, 5) is 27.4. The van der Waals surface area contributed by atoms with Gasteiger partial charge in [0.2, 0.25) is 0 Å². The zero-order chi connectivity index (χ0) is 19.1. The Hall–Kier alpha value is -2.11. The minimum Gasteiger partial charge on any atom is -0.452 e. The average molecular weight is 395 g/mol. The van der Waals surface area contributed by atoms with Gasteiger partial charge in [0.15, 0.2) is 6.61 Å². The van der Waals surface area contributed by atoms with Gasteiger partial charge in [-0.15, -0.1) is 0 Å². The minimum absolute atomic E-state index is 0.0994. The Morgan fingerprint density at radius 2 is 1.88 bits per heavy atom. The molecule has 5 nitrogen and oxygen atoms in total. The van der Waals surface area contributed by atoms with E-state index in [9.17, 15) is 9.59 Å². The molecule has 2 rings (SSSR count). The van der Waals surface area contributed by atoms with Crippen LogP contribution in [0.5, 0.6) is 0 Å². The van der Waals surface area contributed by atoms with Crippen molar-refractivity contribution in [1.82, 2.24) is 10.3 Å². The van der Waals surface area contributed by atoms with Crippen LogP contribution in [0.3, 0.4) is 0 Å². The zero-order valence-corrected chi connectivity index (χ0v) is 16.1. The van der Waals surface area contributed by atoms with E-state index in [1.54, 1.807) is 0 Å². The van der Waals surface area contributed by atoms with Gasteiger partial charge in [0.05, 0.1) is 10.6 Å². The maximum Gasteiger partial charge on any atom is 0.340 e. The predicted octanol–water partition coefficient (Wildman–Crippen LogP) is 4.03. The number of halogens is 2. The highest BCUT2D eigenvalue weighted by Crippen LogP contribution is 2.20. The molecule has 7 heteroatoms. The van der Waals surface area contributed by atoms with Gasteiger partial charge in [-0.05, 0) is 29.5 Å². The number of rotatable bonds is 7. The fourth-order valence-corrected chi connectivity index (χ4v) is 2.48. The van der Waals surface area contributed by atoms with E-state index in [1.807, 2.05) is 0 Å². The Morgan fingerprint density at radius 1 is 1.19 bits per heavy atom. The molecule has 1 amide bonds. The maximum absolute atomic E-state index is 11.9. The number of hydrogen-bond acceptors (Lipinski definition) is 4. The van der Waals surface area contributed by atoms with Crippen molar-refractivity contribution >= 4 is 35.1 Å². The molecule has 0 aliphatic carbocycles. The van der Waals surface area contributed by atoms with E-state index < -0.39 is 5.97 Å². The van der Waals surface area contributed by atoms with Crippen LogP contribution < -0.4 is 5.32 Å². The highest BCUT2D eigenvalue weighted by molar-refractivity contribution is 6.41. The topological polar surface area (TPSA) is 68.3 Å². The molecule has 0 spiro atoms. The van der Waals surface area contributed by atoms with Gasteiger partial charge in [0.1, 0.15) is 5.15 Å². The zero-order valence-electron chi connectivity index (χ0n) is 14.6. The van der Waals surface area contributed by atoms with E-state index >= 15 is 0 Å². The van der Waals surface area contributed by atoms with Gasteiger partial charge in [0.25, 0.3) is 5.91 Å². The summed E-state index contributed by atoms with van der Waals surface area (Å²) in [5.74, 6) is -0.565. The molecule has 2 aromatic rings. The van der Waals surface area contributed by atoms with Gasteiger partial charge in [-0.2, -0.15) is 0 Å². The summed E-state index contributed by atoms with van der Waals surface area (Å²) in [5.41, 5.74) is 2.55. The van der Waals surface area contributed by atoms with Gasteiger partial charge in [-0.25, -0.2) is 9.78 Å². The van der Waals surface area contributed by atoms with Crippen molar-refractivity contribution in [2.45, 2.75) is 26.2 Å². The lowest BCUT2D eigenvalue weighted by atomic mass is 10.0. The third-order valence-electron chi connectivity index (χ3n) is 3.75. The molecule has 0 saturated heterocycles. The van der Waals surface area contributed by atoms with Crippen molar-refractivity contribution in [3.8, 4) is 0 Å². The standard InChI is InChI=1S/C19H20Cl2N2O3/c1-12(2)14-5-3-13(4-6-14)7-8-22-17(24)11-26-19(25)15-9-16(20)18(21)23-10-15/h3-6,9-10,12H,7-8,11H2,1-2H3,(H,22,24). The Kier molecular flexibility index (Phi) is 7.42. The van der Waals surface area contributed by atoms with E-state index in [4.69, 9.17) is 27.9 Å². The van der Waals surface area contributed by atoms with E-state index in [0.717, 1.165) is 5.56 Å². The summed E-state index contributed by atoms with van der Waals surface area (Å²) in [6, 6.07) is 9.64. The normalized spacial score (nSPS) is 10.7. The number of hydrogen-bond donors (Lipinski definition) is 1. The third-order valence-corrected chi connectivity index (χ3v) is 4.43. The summed E-state index contributed by atoms with van der Waals surface area (Å²) >= 11 is 11.5. The van der Waals surface area contributed by atoms with Gasteiger partial charge in [-0.1, -0.05) is 61.3 Å². The Labute approximate surface area is 162 Å². The molecule has 1 N–H and O–H groups in total. The number of carbonyl (C=O) groups is 2. The number of amides is 1. The minimum atomic E-state index is -0.685. The molecular formula is C19H20Cl2N2O3. The molecule has 0 aliphatic heterocycles. The smallest absolute Gasteiger partial charge is 0.340 e. The monoisotopic (exact) mass is 394 g/mol. The number of carbonyl (C=O) groups excluding carboxylic acids is 2. The largest absolute Gasteiger partial charge is 0.452 e. The average Bonchev–Trinajstić information content (AvgIpc) is 2.62. The van der Waals surface area contributed by atoms with Crippen molar-refractivity contribution < 1.29 is 14.3 Å². The molecule has 0 radical (unpaired) electrons. The first kappa shape index (κ1) is 20.2. The first-order valence-corrected chi connectivity index (χ1v) is 8.96. The predicted molar refractivity (Wildman–Crippen MR) is 102 cm³/mol.